The third kappa shape index (κ3) is 1.04. The van der Waals surface area contributed by atoms with Gasteiger partial charge in [0.1, 0.15) is 7.85 Å². The lowest BCUT2D eigenvalue weighted by Gasteiger charge is -2.04. The van der Waals surface area contributed by atoms with Gasteiger partial charge >= 0.3 is 0 Å². The monoisotopic (exact) mass is 154 g/mol. The molecular weight excluding hydrogens is 147 g/mol. The molecule has 0 bridgehead atoms. The van der Waals surface area contributed by atoms with Gasteiger partial charge in [-0.05, 0) is 11.5 Å². The Labute approximate surface area is 63.8 Å². The summed E-state index contributed by atoms with van der Waals surface area (Å²) in [6.45, 7) is 0. The molecule has 1 aromatic rings. The molecule has 0 aliphatic rings. The lowest BCUT2D eigenvalue weighted by atomic mass is 9.94. The van der Waals surface area contributed by atoms with E-state index in [1.807, 2.05) is 0 Å². The lowest BCUT2D eigenvalue weighted by molar-refractivity contribution is 0.348. The summed E-state index contributed by atoms with van der Waals surface area (Å²) in [5.74, 6) is -2.26. The Morgan fingerprint density at radius 2 is 1.45 bits per heavy atom. The van der Waals surface area contributed by atoms with E-state index < -0.39 is 23.0 Å². The second kappa shape index (κ2) is 2.27. The third-order valence-electron chi connectivity index (χ3n) is 1.42. The second-order valence-corrected chi connectivity index (χ2v) is 2.26. The summed E-state index contributed by atoms with van der Waals surface area (Å²) in [5, 5.41) is 35.6. The smallest absolute Gasteiger partial charge is 0.204 e. The van der Waals surface area contributed by atoms with E-state index in [4.69, 9.17) is 20.4 Å². The van der Waals surface area contributed by atoms with Crippen LogP contribution in [0.25, 0.3) is 0 Å². The average Bonchev–Trinajstić information content (AvgIpc) is 1.97. The molecule has 0 spiro atoms. The minimum Gasteiger partial charge on any atom is -0.505 e. The van der Waals surface area contributed by atoms with Crippen LogP contribution in [0.4, 0.5) is 0 Å². The Hall–Kier alpha value is -1.52. The van der Waals surface area contributed by atoms with Gasteiger partial charge in [0.25, 0.3) is 0 Å². The Bertz CT molecular complexity index is 271. The summed E-state index contributed by atoms with van der Waals surface area (Å²) in [6, 6.07) is 1.16. The minimum absolute atomic E-state index is 0.304. The molecule has 1 rings (SSSR count). The van der Waals surface area contributed by atoms with Gasteiger partial charge in [-0.15, -0.1) is 0 Å². The molecule has 11 heavy (non-hydrogen) atoms. The highest BCUT2D eigenvalue weighted by Gasteiger charge is 2.12. The van der Waals surface area contributed by atoms with Crippen molar-refractivity contribution in [2.45, 2.75) is 0 Å². The molecule has 5 heteroatoms. The van der Waals surface area contributed by atoms with Crippen LogP contribution in [0.1, 0.15) is 0 Å². The van der Waals surface area contributed by atoms with Crippen LogP contribution in [-0.2, 0) is 0 Å². The molecule has 0 aliphatic heterocycles. The SMILES string of the molecule is Bc1cc(O)c(O)c(O)c1O. The van der Waals surface area contributed by atoms with Crippen LogP contribution >= 0.6 is 0 Å². The fourth-order valence-electron chi connectivity index (χ4n) is 0.762. The molecule has 0 fully saturated rings. The first kappa shape index (κ1) is 7.59. The molecule has 0 saturated heterocycles. The van der Waals surface area contributed by atoms with Crippen LogP contribution in [0.15, 0.2) is 6.07 Å². The summed E-state index contributed by atoms with van der Waals surface area (Å²) >= 11 is 0. The lowest BCUT2D eigenvalue weighted by Crippen LogP contribution is -2.01. The second-order valence-electron chi connectivity index (χ2n) is 2.26. The summed E-state index contributed by atoms with van der Waals surface area (Å²) in [5.41, 5.74) is 0.304. The maximum absolute atomic E-state index is 8.99. The number of rotatable bonds is 0. The first-order valence-corrected chi connectivity index (χ1v) is 2.97. The van der Waals surface area contributed by atoms with E-state index in [1.165, 1.54) is 7.85 Å². The van der Waals surface area contributed by atoms with Gasteiger partial charge in [0.15, 0.2) is 11.5 Å². The van der Waals surface area contributed by atoms with Crippen LogP contribution < -0.4 is 5.46 Å². The summed E-state index contributed by atoms with van der Waals surface area (Å²) in [4.78, 5) is 0. The van der Waals surface area contributed by atoms with E-state index in [9.17, 15) is 0 Å². The number of phenolic OH excluding ortho intramolecular Hbond substituents is 4. The highest BCUT2D eigenvalue weighted by molar-refractivity contribution is 6.34. The highest BCUT2D eigenvalue weighted by atomic mass is 16.3. The molecule has 0 aromatic heterocycles. The van der Waals surface area contributed by atoms with Gasteiger partial charge < -0.3 is 20.4 Å². The van der Waals surface area contributed by atoms with Gasteiger partial charge in [0.05, 0.1) is 0 Å². The van der Waals surface area contributed by atoms with Crippen molar-refractivity contribution in [3.05, 3.63) is 6.07 Å². The number of phenols is 4. The predicted molar refractivity (Wildman–Crippen MR) is 41.3 cm³/mol. The van der Waals surface area contributed by atoms with E-state index in [-0.39, 0.29) is 0 Å². The van der Waals surface area contributed by atoms with Crippen molar-refractivity contribution < 1.29 is 20.4 Å². The molecule has 4 N–H and O–H groups in total. The predicted octanol–water partition coefficient (Wildman–Crippen LogP) is -1.23. The normalized spacial score (nSPS) is 9.82. The zero-order valence-electron chi connectivity index (χ0n) is 5.87. The third-order valence-corrected chi connectivity index (χ3v) is 1.42. The molecule has 0 atom stereocenters. The number of benzene rings is 1. The largest absolute Gasteiger partial charge is 0.505 e. The quantitative estimate of drug-likeness (QED) is 0.214. The van der Waals surface area contributed by atoms with E-state index in [1.54, 1.807) is 0 Å². The Morgan fingerprint density at radius 1 is 0.909 bits per heavy atom. The summed E-state index contributed by atoms with van der Waals surface area (Å²) in [6.07, 6.45) is 0. The molecule has 1 aromatic carbocycles. The Kier molecular flexibility index (Phi) is 1.56. The first-order valence-electron chi connectivity index (χ1n) is 2.97. The molecule has 58 valence electrons. The van der Waals surface area contributed by atoms with Gasteiger partial charge in [-0.3, -0.25) is 0 Å². The standard InChI is InChI=1S/C6H7BO4/c7-2-1-3(8)5(10)6(11)4(2)9/h1,8-11H,7H2. The van der Waals surface area contributed by atoms with Crippen molar-refractivity contribution in [3.63, 3.8) is 0 Å². The molecule has 0 unspecified atom stereocenters. The first-order chi connectivity index (χ1) is 5.04. The van der Waals surface area contributed by atoms with Gasteiger partial charge in [-0.1, -0.05) is 0 Å². The maximum Gasteiger partial charge on any atom is 0.204 e. The molecule has 4 nitrogen and oxygen atoms in total. The zero-order chi connectivity index (χ0) is 8.59. The number of hydrogen-bond donors (Lipinski definition) is 4. The molecular formula is C6H7BO4. The van der Waals surface area contributed by atoms with Crippen molar-refractivity contribution in [3.8, 4) is 23.0 Å². The van der Waals surface area contributed by atoms with Crippen LogP contribution in [0, 0.1) is 0 Å². The summed E-state index contributed by atoms with van der Waals surface area (Å²) in [7, 11) is 1.49. The van der Waals surface area contributed by atoms with E-state index in [2.05, 4.69) is 0 Å². The maximum atomic E-state index is 8.99. The molecule has 0 saturated carbocycles. The number of aromatic hydroxyl groups is 4. The van der Waals surface area contributed by atoms with Gasteiger partial charge in [-0.25, -0.2) is 0 Å². The van der Waals surface area contributed by atoms with E-state index in [0.717, 1.165) is 6.07 Å². The van der Waals surface area contributed by atoms with Crippen molar-refractivity contribution in [1.82, 2.24) is 0 Å². The number of hydrogen-bond acceptors (Lipinski definition) is 4. The molecule has 0 radical (unpaired) electrons. The fourth-order valence-corrected chi connectivity index (χ4v) is 0.762. The fraction of sp³-hybridized carbons (Fsp3) is 0. The van der Waals surface area contributed by atoms with Crippen LogP contribution in [-0.4, -0.2) is 28.3 Å². The average molecular weight is 154 g/mol. The van der Waals surface area contributed by atoms with Crippen LogP contribution in [0.2, 0.25) is 0 Å². The molecule has 0 aliphatic carbocycles. The Balaban J connectivity index is 3.46. The topological polar surface area (TPSA) is 80.9 Å². The van der Waals surface area contributed by atoms with Gasteiger partial charge in [0.2, 0.25) is 11.5 Å². The van der Waals surface area contributed by atoms with Gasteiger partial charge in [-0.2, -0.15) is 0 Å². The highest BCUT2D eigenvalue weighted by Crippen LogP contribution is 2.38. The van der Waals surface area contributed by atoms with Crippen LogP contribution in [0.5, 0.6) is 23.0 Å². The molecule has 0 heterocycles. The van der Waals surface area contributed by atoms with Crippen LogP contribution in [0.3, 0.4) is 0 Å². The zero-order valence-corrected chi connectivity index (χ0v) is 5.87. The minimum atomic E-state index is -0.701. The molecule has 0 amide bonds. The van der Waals surface area contributed by atoms with E-state index in [0.29, 0.717) is 5.46 Å². The van der Waals surface area contributed by atoms with Crippen molar-refractivity contribution in [1.29, 1.82) is 0 Å². The van der Waals surface area contributed by atoms with Gasteiger partial charge in [0, 0.05) is 0 Å². The van der Waals surface area contributed by atoms with Crippen molar-refractivity contribution in [2.75, 3.05) is 0 Å². The van der Waals surface area contributed by atoms with E-state index >= 15 is 0 Å². The van der Waals surface area contributed by atoms with Crippen molar-refractivity contribution in [2.24, 2.45) is 0 Å². The summed E-state index contributed by atoms with van der Waals surface area (Å²) < 4.78 is 0. The Morgan fingerprint density at radius 3 is 2.00 bits per heavy atom. The van der Waals surface area contributed by atoms with Crippen molar-refractivity contribution >= 4 is 13.3 Å².